The van der Waals surface area contributed by atoms with Crippen molar-refractivity contribution in [2.45, 2.75) is 37.5 Å². The second-order valence-corrected chi connectivity index (χ2v) is 11.1. The molecule has 2 aromatic rings. The minimum absolute atomic E-state index is 0.00784. The molecule has 0 saturated carbocycles. The first kappa shape index (κ1) is 22.6. The summed E-state index contributed by atoms with van der Waals surface area (Å²) in [4.78, 5) is 47.9. The smallest absolute Gasteiger partial charge is 0.233 e. The summed E-state index contributed by atoms with van der Waals surface area (Å²) in [7, 11) is 0. The lowest BCUT2D eigenvalue weighted by Gasteiger charge is -2.31. The molecule has 0 aliphatic carbocycles. The number of aromatic nitrogens is 1. The first-order chi connectivity index (χ1) is 15.8. The third-order valence-electron chi connectivity index (χ3n) is 6.88. The molecule has 1 unspecified atom stereocenters. The average molecular weight is 507 g/mol. The van der Waals surface area contributed by atoms with Crippen LogP contribution >= 0.6 is 34.5 Å². The van der Waals surface area contributed by atoms with E-state index in [-0.39, 0.29) is 42.4 Å². The van der Waals surface area contributed by atoms with Crippen LogP contribution in [0.2, 0.25) is 9.36 Å². The van der Waals surface area contributed by atoms with Gasteiger partial charge in [0.15, 0.2) is 0 Å². The highest BCUT2D eigenvalue weighted by Gasteiger charge is 2.49. The van der Waals surface area contributed by atoms with Gasteiger partial charge in [-0.15, -0.1) is 11.3 Å². The highest BCUT2D eigenvalue weighted by Crippen LogP contribution is 2.47. The first-order valence-corrected chi connectivity index (χ1v) is 12.7. The topological polar surface area (TPSA) is 73.8 Å². The van der Waals surface area contributed by atoms with Crippen LogP contribution in [0, 0.1) is 0 Å². The van der Waals surface area contributed by atoms with E-state index in [0.29, 0.717) is 34.0 Å². The van der Waals surface area contributed by atoms with E-state index in [1.807, 2.05) is 17.0 Å². The monoisotopic (exact) mass is 506 g/mol. The Balaban J connectivity index is 1.30. The molecule has 5 rings (SSSR count). The van der Waals surface area contributed by atoms with E-state index in [2.05, 4.69) is 4.98 Å². The molecule has 174 valence electrons. The lowest BCUT2D eigenvalue weighted by Crippen LogP contribution is -2.43. The van der Waals surface area contributed by atoms with Crippen LogP contribution in [0.4, 0.5) is 5.69 Å². The van der Waals surface area contributed by atoms with Gasteiger partial charge < -0.3 is 14.7 Å². The van der Waals surface area contributed by atoms with Gasteiger partial charge in [-0.3, -0.25) is 14.4 Å². The van der Waals surface area contributed by atoms with Crippen molar-refractivity contribution >= 4 is 57.9 Å². The van der Waals surface area contributed by atoms with Crippen molar-refractivity contribution in [2.75, 3.05) is 37.6 Å². The number of hydrogen-bond donors (Lipinski definition) is 0. The molecule has 1 atom stereocenters. The van der Waals surface area contributed by atoms with Gasteiger partial charge in [0, 0.05) is 61.7 Å². The normalized spacial score (nSPS) is 21.5. The van der Waals surface area contributed by atoms with E-state index in [1.54, 1.807) is 22.1 Å². The number of benzene rings is 1. The van der Waals surface area contributed by atoms with Crippen LogP contribution < -0.4 is 4.90 Å². The minimum Gasteiger partial charge on any atom is -0.343 e. The van der Waals surface area contributed by atoms with E-state index in [9.17, 15) is 14.4 Å². The van der Waals surface area contributed by atoms with Gasteiger partial charge in [0.25, 0.3) is 0 Å². The molecule has 1 spiro atoms. The van der Waals surface area contributed by atoms with E-state index < -0.39 is 0 Å². The van der Waals surface area contributed by atoms with Gasteiger partial charge in [-0.25, -0.2) is 4.98 Å². The summed E-state index contributed by atoms with van der Waals surface area (Å²) in [5, 5.41) is 1.29. The molecule has 2 saturated heterocycles. The third-order valence-corrected chi connectivity index (χ3v) is 8.23. The Morgan fingerprint density at radius 1 is 1.00 bits per heavy atom. The molecule has 1 aromatic carbocycles. The molecule has 33 heavy (non-hydrogen) atoms. The number of carbonyl (C=O) groups is 3. The third kappa shape index (κ3) is 4.36. The maximum Gasteiger partial charge on any atom is 0.233 e. The van der Waals surface area contributed by atoms with Crippen molar-refractivity contribution in [2.24, 2.45) is 0 Å². The lowest BCUT2D eigenvalue weighted by molar-refractivity contribution is -0.138. The van der Waals surface area contributed by atoms with Gasteiger partial charge in [0.1, 0.15) is 9.34 Å². The predicted octanol–water partition coefficient (Wildman–Crippen LogP) is 3.52. The number of fused-ring (bicyclic) bond motifs is 2. The zero-order valence-electron chi connectivity index (χ0n) is 18.1. The maximum atomic E-state index is 13.2. The van der Waals surface area contributed by atoms with E-state index in [0.717, 1.165) is 37.2 Å². The quantitative estimate of drug-likeness (QED) is 0.621. The van der Waals surface area contributed by atoms with Crippen LogP contribution in [-0.2, 0) is 26.2 Å². The fourth-order valence-electron chi connectivity index (χ4n) is 4.99. The Morgan fingerprint density at radius 3 is 2.42 bits per heavy atom. The Bertz CT molecular complexity index is 1120. The van der Waals surface area contributed by atoms with E-state index in [4.69, 9.17) is 23.2 Å². The summed E-state index contributed by atoms with van der Waals surface area (Å²) >= 11 is 13.6. The molecule has 3 aliphatic heterocycles. The summed E-state index contributed by atoms with van der Waals surface area (Å²) < 4.78 is 0.556. The number of anilines is 1. The number of halogens is 2. The highest BCUT2D eigenvalue weighted by molar-refractivity contribution is 7.15. The van der Waals surface area contributed by atoms with Crippen molar-refractivity contribution in [3.63, 3.8) is 0 Å². The SMILES string of the molecule is O=C(CCC(=O)N1CCC2(C1)CN(C(=O)Cc1ncc(Cl)s1)c1ccc(Cl)cc12)N1CCC1. The van der Waals surface area contributed by atoms with Gasteiger partial charge in [-0.05, 0) is 36.6 Å². The van der Waals surface area contributed by atoms with Gasteiger partial charge in [0.05, 0.1) is 12.6 Å². The second-order valence-electron chi connectivity index (χ2n) is 8.96. The Hall–Kier alpha value is -2.16. The Labute approximate surface area is 206 Å². The van der Waals surface area contributed by atoms with Gasteiger partial charge in [-0.1, -0.05) is 23.2 Å². The predicted molar refractivity (Wildman–Crippen MR) is 128 cm³/mol. The van der Waals surface area contributed by atoms with Crippen LogP contribution in [0.1, 0.15) is 36.3 Å². The average Bonchev–Trinajstić information content (AvgIpc) is 3.44. The van der Waals surface area contributed by atoms with Crippen molar-refractivity contribution in [3.8, 4) is 0 Å². The number of nitrogens with zero attached hydrogens (tertiary/aromatic N) is 4. The van der Waals surface area contributed by atoms with Crippen molar-refractivity contribution in [1.29, 1.82) is 0 Å². The van der Waals surface area contributed by atoms with E-state index in [1.165, 1.54) is 11.3 Å². The van der Waals surface area contributed by atoms with Crippen molar-refractivity contribution < 1.29 is 14.4 Å². The fraction of sp³-hybridized carbons (Fsp3) is 0.478. The standard InChI is InChI=1S/C23H24Cl2N4O3S/c24-15-2-3-17-16(10-15)23(14-29(17)22(32)11-19-26-12-18(25)33-19)6-9-28(13-23)21(31)5-4-20(30)27-7-1-8-27/h2-3,10,12H,1,4-9,11,13-14H2. The molecule has 0 N–H and O–H groups in total. The summed E-state index contributed by atoms with van der Waals surface area (Å²) in [6.07, 6.45) is 4.01. The Morgan fingerprint density at radius 2 is 1.76 bits per heavy atom. The van der Waals surface area contributed by atoms with Crippen molar-refractivity contribution in [1.82, 2.24) is 14.8 Å². The number of hydrogen-bond acceptors (Lipinski definition) is 5. The zero-order chi connectivity index (χ0) is 23.2. The number of thiazole rings is 1. The summed E-state index contributed by atoms with van der Waals surface area (Å²) in [6, 6.07) is 5.60. The summed E-state index contributed by atoms with van der Waals surface area (Å²) in [5.74, 6) is -0.00141. The largest absolute Gasteiger partial charge is 0.343 e. The molecular weight excluding hydrogens is 483 g/mol. The van der Waals surface area contributed by atoms with Crippen LogP contribution in [0.15, 0.2) is 24.4 Å². The summed E-state index contributed by atoms with van der Waals surface area (Å²) in [5.41, 5.74) is 1.50. The number of likely N-dealkylation sites (tertiary alicyclic amines) is 2. The highest BCUT2D eigenvalue weighted by atomic mass is 35.5. The molecule has 2 fully saturated rings. The zero-order valence-corrected chi connectivity index (χ0v) is 20.4. The molecule has 7 nitrogen and oxygen atoms in total. The van der Waals surface area contributed by atoms with Crippen LogP contribution in [-0.4, -0.2) is 65.2 Å². The van der Waals surface area contributed by atoms with Gasteiger partial charge in [0.2, 0.25) is 17.7 Å². The molecule has 4 heterocycles. The molecule has 1 aromatic heterocycles. The summed E-state index contributed by atoms with van der Waals surface area (Å²) in [6.45, 7) is 3.22. The number of rotatable bonds is 5. The lowest BCUT2D eigenvalue weighted by atomic mass is 9.81. The Kier molecular flexibility index (Phi) is 6.09. The molecule has 3 aliphatic rings. The number of amides is 3. The first-order valence-electron chi connectivity index (χ1n) is 11.1. The molecule has 0 bridgehead atoms. The van der Waals surface area contributed by atoms with Crippen LogP contribution in [0.25, 0.3) is 0 Å². The van der Waals surface area contributed by atoms with Crippen molar-refractivity contribution in [3.05, 3.63) is 44.3 Å². The minimum atomic E-state index is -0.354. The molecule has 10 heteroatoms. The van der Waals surface area contributed by atoms with Crippen LogP contribution in [0.3, 0.4) is 0 Å². The molecular formula is C23H24Cl2N4O3S. The fourth-order valence-corrected chi connectivity index (χ4v) is 6.11. The van der Waals surface area contributed by atoms with E-state index >= 15 is 0 Å². The van der Waals surface area contributed by atoms with Crippen LogP contribution in [0.5, 0.6) is 0 Å². The second kappa shape index (κ2) is 8.89. The number of carbonyl (C=O) groups excluding carboxylic acids is 3. The maximum absolute atomic E-state index is 13.2. The van der Waals surface area contributed by atoms with Gasteiger partial charge in [-0.2, -0.15) is 0 Å². The molecule has 0 radical (unpaired) electrons. The van der Waals surface area contributed by atoms with Gasteiger partial charge >= 0.3 is 0 Å². The molecule has 3 amide bonds.